The van der Waals surface area contributed by atoms with Gasteiger partial charge in [0.2, 0.25) is 0 Å². The van der Waals surface area contributed by atoms with Gasteiger partial charge >= 0.3 is 5.97 Å². The van der Waals surface area contributed by atoms with Crippen LogP contribution in [-0.4, -0.2) is 49.3 Å². The molecule has 2 rings (SSSR count). The van der Waals surface area contributed by atoms with Crippen molar-refractivity contribution in [1.82, 2.24) is 4.90 Å². The van der Waals surface area contributed by atoms with Gasteiger partial charge in [-0.3, -0.25) is 4.90 Å². The topological polar surface area (TPSA) is 82.8 Å². The van der Waals surface area contributed by atoms with Gasteiger partial charge in [-0.05, 0) is 49.7 Å². The first-order valence-corrected chi connectivity index (χ1v) is 8.00. The third kappa shape index (κ3) is 4.63. The fraction of sp³-hybridized carbons (Fsp3) is 0.412. The zero-order valence-electron chi connectivity index (χ0n) is 13.4. The SMILES string of the molecule is COc1cc(C=C(C#N)C(=O)O)cc(Cl)c1OCCN1CCCC1. The lowest BCUT2D eigenvalue weighted by Gasteiger charge is -2.17. The maximum Gasteiger partial charge on any atom is 0.346 e. The van der Waals surface area contributed by atoms with E-state index in [1.165, 1.54) is 26.0 Å². The quantitative estimate of drug-likeness (QED) is 0.601. The zero-order valence-corrected chi connectivity index (χ0v) is 14.2. The van der Waals surface area contributed by atoms with Gasteiger partial charge < -0.3 is 14.6 Å². The predicted octanol–water partition coefficient (Wildman–Crippen LogP) is 2.81. The average Bonchev–Trinajstić information content (AvgIpc) is 3.07. The molecule has 0 saturated carbocycles. The Morgan fingerprint density at radius 2 is 2.17 bits per heavy atom. The molecule has 0 aliphatic carbocycles. The third-order valence-corrected chi connectivity index (χ3v) is 4.05. The maximum atomic E-state index is 10.9. The molecule has 1 N–H and O–H groups in total. The summed E-state index contributed by atoms with van der Waals surface area (Å²) < 4.78 is 11.0. The molecule has 128 valence electrons. The Morgan fingerprint density at radius 1 is 1.46 bits per heavy atom. The lowest BCUT2D eigenvalue weighted by atomic mass is 10.1. The number of aliphatic carboxylic acids is 1. The van der Waals surface area contributed by atoms with Gasteiger partial charge in [-0.2, -0.15) is 5.26 Å². The maximum absolute atomic E-state index is 10.9. The number of ether oxygens (including phenoxy) is 2. The number of carboxylic acids is 1. The molecule has 1 aliphatic rings. The first-order chi connectivity index (χ1) is 11.5. The van der Waals surface area contributed by atoms with Gasteiger partial charge in [0, 0.05) is 6.54 Å². The van der Waals surface area contributed by atoms with Gasteiger partial charge in [0.1, 0.15) is 18.2 Å². The molecular weight excluding hydrogens is 332 g/mol. The van der Waals surface area contributed by atoms with Crippen molar-refractivity contribution in [2.45, 2.75) is 12.8 Å². The highest BCUT2D eigenvalue weighted by Gasteiger charge is 2.15. The van der Waals surface area contributed by atoms with E-state index in [9.17, 15) is 4.79 Å². The van der Waals surface area contributed by atoms with Crippen LogP contribution < -0.4 is 9.47 Å². The van der Waals surface area contributed by atoms with Crippen molar-refractivity contribution in [2.24, 2.45) is 0 Å². The van der Waals surface area contributed by atoms with E-state index in [0.29, 0.717) is 28.7 Å². The van der Waals surface area contributed by atoms with Crippen LogP contribution in [0.25, 0.3) is 6.08 Å². The standard InChI is InChI=1S/C17H19ClN2O4/c1-23-15-10-12(8-13(11-19)17(21)22)9-14(18)16(15)24-7-6-20-4-2-3-5-20/h8-10H,2-7H2,1H3,(H,21,22). The van der Waals surface area contributed by atoms with Gasteiger partial charge in [0.05, 0.1) is 12.1 Å². The Kier molecular flexibility index (Phi) is 6.47. The lowest BCUT2D eigenvalue weighted by molar-refractivity contribution is -0.132. The van der Waals surface area contributed by atoms with Crippen molar-refractivity contribution in [3.8, 4) is 17.6 Å². The van der Waals surface area contributed by atoms with Crippen LogP contribution in [0.1, 0.15) is 18.4 Å². The number of hydrogen-bond donors (Lipinski definition) is 1. The molecule has 0 spiro atoms. The van der Waals surface area contributed by atoms with Crippen molar-refractivity contribution in [3.05, 3.63) is 28.3 Å². The largest absolute Gasteiger partial charge is 0.493 e. The molecule has 0 aromatic heterocycles. The Labute approximate surface area is 145 Å². The highest BCUT2D eigenvalue weighted by atomic mass is 35.5. The van der Waals surface area contributed by atoms with Crippen LogP contribution in [-0.2, 0) is 4.79 Å². The average molecular weight is 351 g/mol. The predicted molar refractivity (Wildman–Crippen MR) is 90.4 cm³/mol. The first kappa shape index (κ1) is 18.1. The fourth-order valence-corrected chi connectivity index (χ4v) is 2.83. The summed E-state index contributed by atoms with van der Waals surface area (Å²) in [6.45, 7) is 3.48. The second-order valence-electron chi connectivity index (χ2n) is 5.41. The molecule has 1 aromatic carbocycles. The van der Waals surface area contributed by atoms with E-state index in [2.05, 4.69) is 4.90 Å². The van der Waals surface area contributed by atoms with Gasteiger partial charge in [0.25, 0.3) is 0 Å². The molecule has 0 amide bonds. The van der Waals surface area contributed by atoms with Crippen LogP contribution >= 0.6 is 11.6 Å². The summed E-state index contributed by atoms with van der Waals surface area (Å²) >= 11 is 6.24. The second kappa shape index (κ2) is 8.57. The minimum atomic E-state index is -1.29. The number of halogens is 1. The molecule has 1 aliphatic heterocycles. The summed E-state index contributed by atoms with van der Waals surface area (Å²) in [5.74, 6) is -0.472. The van der Waals surface area contributed by atoms with E-state index in [0.717, 1.165) is 19.6 Å². The second-order valence-corrected chi connectivity index (χ2v) is 5.81. The number of benzene rings is 1. The summed E-state index contributed by atoms with van der Waals surface area (Å²) in [6, 6.07) is 4.77. The number of likely N-dealkylation sites (tertiary alicyclic amines) is 1. The van der Waals surface area contributed by atoms with Crippen LogP contribution in [0, 0.1) is 11.3 Å². The van der Waals surface area contributed by atoms with Gasteiger partial charge in [-0.15, -0.1) is 0 Å². The summed E-state index contributed by atoms with van der Waals surface area (Å²) in [5.41, 5.74) is 0.0820. The Hall–Kier alpha value is -2.23. The lowest BCUT2D eigenvalue weighted by Crippen LogP contribution is -2.25. The minimum absolute atomic E-state index is 0.310. The Balaban J connectivity index is 2.14. The Bertz CT molecular complexity index is 676. The smallest absolute Gasteiger partial charge is 0.346 e. The molecule has 0 atom stereocenters. The van der Waals surface area contributed by atoms with Crippen LogP contribution in [0.15, 0.2) is 17.7 Å². The van der Waals surface area contributed by atoms with Crippen molar-refractivity contribution in [2.75, 3.05) is 33.4 Å². The highest BCUT2D eigenvalue weighted by Crippen LogP contribution is 2.37. The van der Waals surface area contributed by atoms with Crippen LogP contribution in [0.5, 0.6) is 11.5 Å². The first-order valence-electron chi connectivity index (χ1n) is 7.63. The molecule has 7 heteroatoms. The monoisotopic (exact) mass is 350 g/mol. The van der Waals surface area contributed by atoms with E-state index >= 15 is 0 Å². The summed E-state index contributed by atoms with van der Waals surface area (Å²) in [6.07, 6.45) is 3.68. The number of rotatable bonds is 7. The third-order valence-electron chi connectivity index (χ3n) is 3.77. The number of methoxy groups -OCH3 is 1. The molecule has 24 heavy (non-hydrogen) atoms. The van der Waals surface area contributed by atoms with E-state index < -0.39 is 5.97 Å². The van der Waals surface area contributed by atoms with Gasteiger partial charge in [0.15, 0.2) is 11.5 Å². The number of carbonyl (C=O) groups is 1. The number of hydrogen-bond acceptors (Lipinski definition) is 5. The Morgan fingerprint density at radius 3 is 2.75 bits per heavy atom. The summed E-state index contributed by atoms with van der Waals surface area (Å²) in [5, 5.41) is 18.1. The van der Waals surface area contributed by atoms with Crippen LogP contribution in [0.3, 0.4) is 0 Å². The fourth-order valence-electron chi connectivity index (χ4n) is 2.55. The van der Waals surface area contributed by atoms with E-state index in [1.807, 2.05) is 0 Å². The number of carboxylic acid groups (broad SMARTS) is 1. The minimum Gasteiger partial charge on any atom is -0.493 e. The molecule has 1 fully saturated rings. The molecule has 1 heterocycles. The molecule has 0 bridgehead atoms. The highest BCUT2D eigenvalue weighted by molar-refractivity contribution is 6.32. The van der Waals surface area contributed by atoms with Crippen molar-refractivity contribution in [3.63, 3.8) is 0 Å². The van der Waals surface area contributed by atoms with Crippen molar-refractivity contribution in [1.29, 1.82) is 5.26 Å². The normalized spacial score (nSPS) is 15.1. The summed E-state index contributed by atoms with van der Waals surface area (Å²) in [4.78, 5) is 13.2. The van der Waals surface area contributed by atoms with Crippen molar-refractivity contribution >= 4 is 23.6 Å². The number of nitrogens with zero attached hydrogens (tertiary/aromatic N) is 2. The molecule has 1 saturated heterocycles. The zero-order chi connectivity index (χ0) is 17.5. The molecule has 0 radical (unpaired) electrons. The molecule has 1 aromatic rings. The molecule has 0 unspecified atom stereocenters. The van der Waals surface area contributed by atoms with E-state index in [-0.39, 0.29) is 5.57 Å². The van der Waals surface area contributed by atoms with Gasteiger partial charge in [-0.1, -0.05) is 11.6 Å². The van der Waals surface area contributed by atoms with Crippen LogP contribution in [0.4, 0.5) is 0 Å². The van der Waals surface area contributed by atoms with Crippen LogP contribution in [0.2, 0.25) is 5.02 Å². The summed E-state index contributed by atoms with van der Waals surface area (Å²) in [7, 11) is 1.48. The van der Waals surface area contributed by atoms with Crippen molar-refractivity contribution < 1.29 is 19.4 Å². The van der Waals surface area contributed by atoms with Gasteiger partial charge in [-0.25, -0.2) is 4.79 Å². The molecule has 6 nitrogen and oxygen atoms in total. The molecular formula is C17H19ClN2O4. The van der Waals surface area contributed by atoms with E-state index in [1.54, 1.807) is 18.2 Å². The number of nitriles is 1. The van der Waals surface area contributed by atoms with E-state index in [4.69, 9.17) is 31.4 Å².